The van der Waals surface area contributed by atoms with Crippen molar-refractivity contribution in [2.24, 2.45) is 0 Å². The van der Waals surface area contributed by atoms with Crippen molar-refractivity contribution in [3.05, 3.63) is 60.7 Å². The third-order valence-electron chi connectivity index (χ3n) is 5.60. The standard InChI is InChI=1S/C27H39NO5Si/c1-26(2,3)33-25(30)28(7)23(24(29)31-8)19-20-32-34(27(4,5)6,21-15-11-9-12-16-21)22-17-13-10-14-18-22/h9-18,23H,19-20H2,1-8H3/t23-/m0/s1/i7D. The van der Waals surface area contributed by atoms with Gasteiger partial charge in [0.1, 0.15) is 11.6 Å². The van der Waals surface area contributed by atoms with E-state index in [0.29, 0.717) is 0 Å². The average Bonchev–Trinajstić information content (AvgIpc) is 2.79. The van der Waals surface area contributed by atoms with Crippen molar-refractivity contribution >= 4 is 30.8 Å². The minimum Gasteiger partial charge on any atom is -0.467 e. The van der Waals surface area contributed by atoms with E-state index in [4.69, 9.17) is 15.3 Å². The maximum atomic E-state index is 12.8. The van der Waals surface area contributed by atoms with E-state index in [0.717, 1.165) is 15.3 Å². The Kier molecular flexibility index (Phi) is 8.55. The SMILES string of the molecule is [2H]CN(C(=O)OC(C)(C)C)[C@@H](CCO[Si](c1ccccc1)(c1ccccc1)C(C)(C)C)C(=O)OC. The molecule has 0 radical (unpaired) electrons. The second-order valence-corrected chi connectivity index (χ2v) is 14.6. The molecule has 0 spiro atoms. The van der Waals surface area contributed by atoms with Crippen LogP contribution in [0.15, 0.2) is 60.7 Å². The summed E-state index contributed by atoms with van der Waals surface area (Å²) >= 11 is 0. The van der Waals surface area contributed by atoms with Crippen LogP contribution < -0.4 is 10.4 Å². The van der Waals surface area contributed by atoms with E-state index in [1.54, 1.807) is 20.8 Å². The second-order valence-electron chi connectivity index (χ2n) is 10.3. The molecule has 0 aliphatic heterocycles. The van der Waals surface area contributed by atoms with Crippen LogP contribution in [0.1, 0.15) is 49.3 Å². The Bertz CT molecular complexity index is 918. The van der Waals surface area contributed by atoms with Crippen LogP contribution in [0.5, 0.6) is 0 Å². The Morgan fingerprint density at radius 2 is 1.44 bits per heavy atom. The van der Waals surface area contributed by atoms with Gasteiger partial charge in [-0.25, -0.2) is 9.59 Å². The molecule has 1 amide bonds. The number of nitrogens with zero attached hydrogens (tertiary/aromatic N) is 1. The van der Waals surface area contributed by atoms with Gasteiger partial charge in [0.25, 0.3) is 8.32 Å². The van der Waals surface area contributed by atoms with Gasteiger partial charge in [0, 0.05) is 21.4 Å². The fraction of sp³-hybridized carbons (Fsp3) is 0.481. The van der Waals surface area contributed by atoms with Crippen molar-refractivity contribution < 1.29 is 24.9 Å². The van der Waals surface area contributed by atoms with Gasteiger partial charge in [0.05, 0.1) is 7.11 Å². The lowest BCUT2D eigenvalue weighted by Gasteiger charge is -2.43. The first-order valence-electron chi connectivity index (χ1n) is 12.2. The minimum atomic E-state index is -2.81. The number of benzene rings is 2. The highest BCUT2D eigenvalue weighted by molar-refractivity contribution is 6.99. The van der Waals surface area contributed by atoms with Crippen LogP contribution in [0.3, 0.4) is 0 Å². The zero-order valence-corrected chi connectivity index (χ0v) is 22.5. The van der Waals surface area contributed by atoms with E-state index in [2.05, 4.69) is 45.0 Å². The van der Waals surface area contributed by atoms with Crippen LogP contribution in [-0.4, -0.2) is 57.7 Å². The first kappa shape index (κ1) is 26.0. The molecular formula is C27H39NO5Si. The molecule has 0 saturated carbocycles. The normalized spacial score (nSPS) is 13.6. The van der Waals surface area contributed by atoms with Crippen molar-refractivity contribution in [3.8, 4) is 0 Å². The van der Waals surface area contributed by atoms with Crippen molar-refractivity contribution in [3.63, 3.8) is 0 Å². The Balaban J connectivity index is 2.42. The van der Waals surface area contributed by atoms with Crippen molar-refractivity contribution in [2.75, 3.05) is 20.7 Å². The molecule has 0 aliphatic rings. The summed E-state index contributed by atoms with van der Waals surface area (Å²) in [5, 5.41) is 2.02. The largest absolute Gasteiger partial charge is 0.467 e. The Morgan fingerprint density at radius 1 is 0.941 bits per heavy atom. The average molecular weight is 487 g/mol. The fourth-order valence-corrected chi connectivity index (χ4v) is 8.65. The lowest BCUT2D eigenvalue weighted by Crippen LogP contribution is -2.66. The third kappa shape index (κ3) is 6.48. The summed E-state index contributed by atoms with van der Waals surface area (Å²) in [5.74, 6) is -0.603. The molecule has 6 nitrogen and oxygen atoms in total. The van der Waals surface area contributed by atoms with Gasteiger partial charge in [-0.15, -0.1) is 0 Å². The number of carbonyl (C=O) groups is 2. The van der Waals surface area contributed by atoms with Gasteiger partial charge < -0.3 is 13.9 Å². The highest BCUT2D eigenvalue weighted by atomic mass is 28.4. The van der Waals surface area contributed by atoms with E-state index in [1.165, 1.54) is 7.11 Å². The molecule has 7 heteroatoms. The zero-order valence-electron chi connectivity index (χ0n) is 22.5. The number of methoxy groups -OCH3 is 1. The van der Waals surface area contributed by atoms with Crippen molar-refractivity contribution in [2.45, 2.75) is 64.6 Å². The summed E-state index contributed by atoms with van der Waals surface area (Å²) in [5.41, 5.74) is -0.753. The van der Waals surface area contributed by atoms with E-state index in [9.17, 15) is 9.59 Å². The monoisotopic (exact) mass is 486 g/mol. The highest BCUT2D eigenvalue weighted by Gasteiger charge is 2.50. The Hall–Kier alpha value is -2.64. The molecule has 0 saturated heterocycles. The second kappa shape index (κ2) is 11.2. The van der Waals surface area contributed by atoms with Gasteiger partial charge in [-0.05, 0) is 36.2 Å². The van der Waals surface area contributed by atoms with Crippen LogP contribution in [0.2, 0.25) is 5.04 Å². The van der Waals surface area contributed by atoms with Gasteiger partial charge in [0.15, 0.2) is 0 Å². The molecule has 2 rings (SSSR count). The molecule has 186 valence electrons. The molecule has 0 aliphatic carbocycles. The topological polar surface area (TPSA) is 65.1 Å². The van der Waals surface area contributed by atoms with Crippen molar-refractivity contribution in [1.82, 2.24) is 4.90 Å². The van der Waals surface area contributed by atoms with Crippen LogP contribution in [0, 0.1) is 0 Å². The summed E-state index contributed by atoms with van der Waals surface area (Å²) in [4.78, 5) is 26.5. The first-order chi connectivity index (χ1) is 16.4. The number of likely N-dealkylation sites (N-methyl/N-ethyl adjacent to an activating group) is 1. The number of hydrogen-bond acceptors (Lipinski definition) is 5. The van der Waals surface area contributed by atoms with E-state index < -0.39 is 39.0 Å². The molecule has 1 atom stereocenters. The van der Waals surface area contributed by atoms with Crippen LogP contribution in [0.4, 0.5) is 4.79 Å². The number of amides is 1. The first-order valence-corrected chi connectivity index (χ1v) is 13.4. The number of hydrogen-bond donors (Lipinski definition) is 0. The zero-order chi connectivity index (χ0) is 26.3. The van der Waals surface area contributed by atoms with Crippen molar-refractivity contribution in [1.29, 1.82) is 0 Å². The quantitative estimate of drug-likeness (QED) is 0.410. The maximum absolute atomic E-state index is 12.8. The minimum absolute atomic E-state index is 0.176. The highest BCUT2D eigenvalue weighted by Crippen LogP contribution is 2.37. The van der Waals surface area contributed by atoms with Crippen LogP contribution in [0.25, 0.3) is 0 Å². The summed E-state index contributed by atoms with van der Waals surface area (Å²) in [6, 6.07) is 19.4. The van der Waals surface area contributed by atoms with Gasteiger partial charge in [-0.1, -0.05) is 81.4 Å². The van der Waals surface area contributed by atoms with E-state index >= 15 is 0 Å². The Labute approximate surface area is 206 Å². The predicted molar refractivity (Wildman–Crippen MR) is 138 cm³/mol. The molecule has 2 aromatic rings. The summed E-state index contributed by atoms with van der Waals surface area (Å²) in [7, 11) is -1.97. The molecule has 0 aromatic heterocycles. The lowest BCUT2D eigenvalue weighted by atomic mass is 10.2. The number of rotatable bonds is 8. The molecular weight excluding hydrogens is 446 g/mol. The summed E-state index contributed by atoms with van der Waals surface area (Å²) < 4.78 is 25.2. The fourth-order valence-electron chi connectivity index (χ4n) is 4.07. The molecule has 2 aromatic carbocycles. The van der Waals surface area contributed by atoms with Gasteiger partial charge in [0.2, 0.25) is 0 Å². The molecule has 0 heterocycles. The molecule has 0 bridgehead atoms. The summed E-state index contributed by atoms with van der Waals surface area (Å²) in [6.45, 7) is 12.0. The lowest BCUT2D eigenvalue weighted by molar-refractivity contribution is -0.146. The molecule has 0 N–H and O–H groups in total. The smallest absolute Gasteiger partial charge is 0.410 e. The van der Waals surface area contributed by atoms with Gasteiger partial charge in [-0.3, -0.25) is 4.90 Å². The number of esters is 1. The summed E-state index contributed by atoms with van der Waals surface area (Å²) in [6.07, 6.45) is -0.552. The van der Waals surface area contributed by atoms with Gasteiger partial charge >= 0.3 is 12.1 Å². The molecule has 0 unspecified atom stereocenters. The van der Waals surface area contributed by atoms with Crippen LogP contribution in [-0.2, 0) is 18.7 Å². The molecule has 0 fully saturated rings. The van der Waals surface area contributed by atoms with Crippen LogP contribution >= 0.6 is 0 Å². The maximum Gasteiger partial charge on any atom is 0.410 e. The number of ether oxygens (including phenoxy) is 2. The van der Waals surface area contributed by atoms with E-state index in [-0.39, 0.29) is 18.1 Å². The molecule has 34 heavy (non-hydrogen) atoms. The Morgan fingerprint density at radius 3 is 1.82 bits per heavy atom. The third-order valence-corrected chi connectivity index (χ3v) is 10.6. The predicted octanol–water partition coefficient (Wildman–Crippen LogP) is 4.36. The number of carbonyl (C=O) groups excluding carboxylic acids is 2. The van der Waals surface area contributed by atoms with Gasteiger partial charge in [-0.2, -0.15) is 0 Å². The van der Waals surface area contributed by atoms with E-state index in [1.807, 2.05) is 36.4 Å².